The molecule has 134 valence electrons. The van der Waals surface area contributed by atoms with Crippen LogP contribution in [-0.2, 0) is 0 Å². The molecule has 0 spiro atoms. The van der Waals surface area contributed by atoms with Crippen LogP contribution in [-0.4, -0.2) is 12.1 Å². The number of rotatable bonds is 3. The molecule has 0 amide bonds. The summed E-state index contributed by atoms with van der Waals surface area (Å²) in [5, 5.41) is 2.33. The van der Waals surface area contributed by atoms with Gasteiger partial charge >= 0.3 is 0 Å². The zero-order chi connectivity index (χ0) is 19.0. The van der Waals surface area contributed by atoms with Gasteiger partial charge in [0.25, 0.3) is 0 Å². The molecule has 2 nitrogen and oxygen atoms in total. The van der Waals surface area contributed by atoms with Crippen LogP contribution in [0.2, 0.25) is 30.1 Å². The minimum absolute atomic E-state index is 0.369. The Morgan fingerprint density at radius 3 is 1.31 bits per heavy atom. The molecular weight excluding hydrogens is 459 g/mol. The lowest BCUT2D eigenvalue weighted by atomic mass is 10.00. The van der Waals surface area contributed by atoms with E-state index in [9.17, 15) is 0 Å². The van der Waals surface area contributed by atoms with Crippen LogP contribution in [0.25, 0.3) is 22.3 Å². The van der Waals surface area contributed by atoms with Crippen LogP contribution in [0, 0.1) is 0 Å². The first-order valence-electron chi connectivity index (χ1n) is 7.15. The van der Waals surface area contributed by atoms with Gasteiger partial charge in [0.1, 0.15) is 5.75 Å². The molecule has 0 aliphatic rings. The highest BCUT2D eigenvalue weighted by Crippen LogP contribution is 2.47. The second kappa shape index (κ2) is 8.02. The highest BCUT2D eigenvalue weighted by atomic mass is 35.5. The molecule has 0 bridgehead atoms. The summed E-state index contributed by atoms with van der Waals surface area (Å²) in [4.78, 5) is 4.27. The van der Waals surface area contributed by atoms with Crippen molar-refractivity contribution < 1.29 is 4.74 Å². The van der Waals surface area contributed by atoms with E-state index < -0.39 is 0 Å². The van der Waals surface area contributed by atoms with E-state index in [1.54, 1.807) is 36.7 Å². The highest BCUT2D eigenvalue weighted by Gasteiger charge is 2.21. The SMILES string of the molecule is COc1c(-c2c(Cl)cc(Cl)cc2Cl)cncc1-c1c(Cl)cc(Cl)cc1Cl. The van der Waals surface area contributed by atoms with E-state index >= 15 is 0 Å². The minimum atomic E-state index is 0.369. The molecule has 0 saturated carbocycles. The molecule has 1 aromatic heterocycles. The fraction of sp³-hybridized carbons (Fsp3) is 0.0556. The first-order chi connectivity index (χ1) is 12.3. The van der Waals surface area contributed by atoms with Crippen molar-refractivity contribution in [1.82, 2.24) is 4.98 Å². The summed E-state index contributed by atoms with van der Waals surface area (Å²) in [5.41, 5.74) is 2.26. The number of ether oxygens (including phenoxy) is 1. The van der Waals surface area contributed by atoms with E-state index in [-0.39, 0.29) is 0 Å². The van der Waals surface area contributed by atoms with Gasteiger partial charge < -0.3 is 4.74 Å². The third-order valence-corrected chi connectivity index (χ3v) is 5.28. The summed E-state index contributed by atoms with van der Waals surface area (Å²) in [5.74, 6) is 0.470. The number of benzene rings is 2. The summed E-state index contributed by atoms with van der Waals surface area (Å²) < 4.78 is 5.63. The summed E-state index contributed by atoms with van der Waals surface area (Å²) in [6.07, 6.45) is 3.20. The van der Waals surface area contributed by atoms with Gasteiger partial charge in [-0.3, -0.25) is 4.98 Å². The normalized spacial score (nSPS) is 10.9. The molecule has 3 rings (SSSR count). The van der Waals surface area contributed by atoms with Gasteiger partial charge in [0.15, 0.2) is 0 Å². The van der Waals surface area contributed by atoms with E-state index in [0.717, 1.165) is 0 Å². The molecular formula is C18H9Cl6NO. The molecule has 0 fully saturated rings. The van der Waals surface area contributed by atoms with Gasteiger partial charge in [-0.05, 0) is 24.3 Å². The average Bonchev–Trinajstić information content (AvgIpc) is 2.53. The number of nitrogens with zero attached hydrogens (tertiary/aromatic N) is 1. The summed E-state index contributed by atoms with van der Waals surface area (Å²) >= 11 is 37.4. The Balaban J connectivity index is 2.32. The van der Waals surface area contributed by atoms with Gasteiger partial charge in [-0.15, -0.1) is 0 Å². The smallest absolute Gasteiger partial charge is 0.137 e. The molecule has 8 heteroatoms. The van der Waals surface area contributed by atoms with E-state index in [1.807, 2.05) is 0 Å². The van der Waals surface area contributed by atoms with Gasteiger partial charge in [-0.2, -0.15) is 0 Å². The van der Waals surface area contributed by atoms with Gasteiger partial charge in [0.2, 0.25) is 0 Å². The number of aromatic nitrogens is 1. The number of pyridine rings is 1. The summed E-state index contributed by atoms with van der Waals surface area (Å²) in [6.45, 7) is 0. The van der Waals surface area contributed by atoms with Crippen molar-refractivity contribution in [2.24, 2.45) is 0 Å². The number of hydrogen-bond donors (Lipinski definition) is 0. The van der Waals surface area contributed by atoms with Crippen LogP contribution < -0.4 is 4.74 Å². The first kappa shape index (κ1) is 19.9. The molecule has 0 atom stereocenters. The van der Waals surface area contributed by atoms with Crippen molar-refractivity contribution in [3.05, 3.63) is 66.8 Å². The largest absolute Gasteiger partial charge is 0.495 e. The van der Waals surface area contributed by atoms with Crippen LogP contribution in [0.5, 0.6) is 5.75 Å². The zero-order valence-electron chi connectivity index (χ0n) is 13.1. The third-order valence-electron chi connectivity index (χ3n) is 3.65. The average molecular weight is 468 g/mol. The van der Waals surface area contributed by atoms with E-state index in [0.29, 0.717) is 58.1 Å². The second-order valence-electron chi connectivity index (χ2n) is 5.26. The van der Waals surface area contributed by atoms with Crippen molar-refractivity contribution in [3.8, 4) is 28.0 Å². The van der Waals surface area contributed by atoms with Gasteiger partial charge in [-0.25, -0.2) is 0 Å². The predicted molar refractivity (Wildman–Crippen MR) is 112 cm³/mol. The lowest BCUT2D eigenvalue weighted by Gasteiger charge is -2.17. The van der Waals surface area contributed by atoms with Gasteiger partial charge in [-0.1, -0.05) is 69.6 Å². The topological polar surface area (TPSA) is 22.1 Å². The molecule has 3 aromatic rings. The Labute approximate surface area is 180 Å². The monoisotopic (exact) mass is 465 g/mol. The predicted octanol–water partition coefficient (Wildman–Crippen LogP) is 8.34. The van der Waals surface area contributed by atoms with Crippen LogP contribution in [0.15, 0.2) is 36.7 Å². The lowest BCUT2D eigenvalue weighted by molar-refractivity contribution is 0.417. The molecule has 0 unspecified atom stereocenters. The minimum Gasteiger partial charge on any atom is -0.495 e. The van der Waals surface area contributed by atoms with Gasteiger partial charge in [0.05, 0.1) is 27.2 Å². The summed E-state index contributed by atoms with van der Waals surface area (Å²) in [7, 11) is 1.53. The second-order valence-corrected chi connectivity index (χ2v) is 7.76. The molecule has 0 N–H and O–H groups in total. The lowest BCUT2D eigenvalue weighted by Crippen LogP contribution is -1.96. The highest BCUT2D eigenvalue weighted by molar-refractivity contribution is 6.43. The maximum Gasteiger partial charge on any atom is 0.137 e. The third kappa shape index (κ3) is 3.73. The van der Waals surface area contributed by atoms with Gasteiger partial charge in [0, 0.05) is 44.7 Å². The maximum absolute atomic E-state index is 6.36. The van der Waals surface area contributed by atoms with E-state index in [1.165, 1.54) is 7.11 Å². The molecule has 0 aliphatic heterocycles. The summed E-state index contributed by atoms with van der Waals surface area (Å²) in [6, 6.07) is 6.38. The van der Waals surface area contributed by atoms with Crippen LogP contribution in [0.1, 0.15) is 0 Å². The van der Waals surface area contributed by atoms with Crippen LogP contribution in [0.3, 0.4) is 0 Å². The quantitative estimate of drug-likeness (QED) is 0.386. The number of halogens is 6. The number of methoxy groups -OCH3 is 1. The molecule has 26 heavy (non-hydrogen) atoms. The Morgan fingerprint density at radius 2 is 1.00 bits per heavy atom. The van der Waals surface area contributed by atoms with Crippen LogP contribution in [0.4, 0.5) is 0 Å². The van der Waals surface area contributed by atoms with Crippen molar-refractivity contribution in [2.75, 3.05) is 7.11 Å². The van der Waals surface area contributed by atoms with Crippen molar-refractivity contribution in [3.63, 3.8) is 0 Å². The fourth-order valence-electron chi connectivity index (χ4n) is 2.62. The van der Waals surface area contributed by atoms with Crippen molar-refractivity contribution >= 4 is 69.6 Å². The van der Waals surface area contributed by atoms with Crippen LogP contribution >= 0.6 is 69.6 Å². The number of hydrogen-bond acceptors (Lipinski definition) is 2. The Bertz CT molecular complexity index is 883. The molecule has 0 aliphatic carbocycles. The Kier molecular flexibility index (Phi) is 6.13. The van der Waals surface area contributed by atoms with E-state index in [2.05, 4.69) is 4.98 Å². The Morgan fingerprint density at radius 1 is 0.654 bits per heavy atom. The molecule has 0 saturated heterocycles. The maximum atomic E-state index is 6.36. The fourth-order valence-corrected chi connectivity index (χ4v) is 4.66. The molecule has 2 aromatic carbocycles. The first-order valence-corrected chi connectivity index (χ1v) is 9.42. The zero-order valence-corrected chi connectivity index (χ0v) is 17.6. The Hall–Kier alpha value is -0.870. The van der Waals surface area contributed by atoms with Crippen molar-refractivity contribution in [2.45, 2.75) is 0 Å². The van der Waals surface area contributed by atoms with Crippen molar-refractivity contribution in [1.29, 1.82) is 0 Å². The van der Waals surface area contributed by atoms with E-state index in [4.69, 9.17) is 74.3 Å². The molecule has 1 heterocycles. The molecule has 0 radical (unpaired) electrons. The standard InChI is InChI=1S/C18H9Cl6NO/c1-26-18-10(16-12(21)2-8(19)3-13(16)22)6-25-7-11(18)17-14(23)4-9(20)5-15(17)24/h2-7H,1H3.